The van der Waals surface area contributed by atoms with Crippen LogP contribution in [0.4, 0.5) is 14.5 Å². The van der Waals surface area contributed by atoms with E-state index in [2.05, 4.69) is 5.32 Å². The van der Waals surface area contributed by atoms with E-state index in [0.29, 0.717) is 28.8 Å². The fraction of sp³-hybridized carbons (Fsp3) is 0.500. The number of thioether (sulfide) groups is 1. The highest BCUT2D eigenvalue weighted by Gasteiger charge is 2.20. The van der Waals surface area contributed by atoms with Gasteiger partial charge in [-0.1, -0.05) is 43.7 Å². The van der Waals surface area contributed by atoms with Crippen molar-refractivity contribution in [1.29, 1.82) is 0 Å². The van der Waals surface area contributed by atoms with Gasteiger partial charge in [-0.25, -0.2) is 4.79 Å². The van der Waals surface area contributed by atoms with Gasteiger partial charge in [0.25, 0.3) is 5.76 Å². The molecule has 1 unspecified atom stereocenters. The number of nitrogens with one attached hydrogen (secondary N) is 1. The Hall–Kier alpha value is -1.30. The van der Waals surface area contributed by atoms with Crippen LogP contribution in [-0.4, -0.2) is 24.9 Å². The third kappa shape index (κ3) is 5.36. The van der Waals surface area contributed by atoms with Gasteiger partial charge in [-0.3, -0.25) is 0 Å². The minimum absolute atomic E-state index is 0.379. The number of rotatable bonds is 8. The van der Waals surface area contributed by atoms with Crippen LogP contribution in [0, 0.1) is 0 Å². The third-order valence-electron chi connectivity index (χ3n) is 2.76. The van der Waals surface area contributed by atoms with Crippen molar-refractivity contribution in [2.45, 2.75) is 42.9 Å². The zero-order chi connectivity index (χ0) is 15.0. The minimum atomic E-state index is -2.50. The van der Waals surface area contributed by atoms with Crippen LogP contribution in [0.1, 0.15) is 26.2 Å². The van der Waals surface area contributed by atoms with Gasteiger partial charge in [0.15, 0.2) is 0 Å². The molecule has 0 saturated heterocycles. The van der Waals surface area contributed by atoms with E-state index in [4.69, 9.17) is 4.74 Å². The van der Waals surface area contributed by atoms with Crippen molar-refractivity contribution in [1.82, 2.24) is 0 Å². The summed E-state index contributed by atoms with van der Waals surface area (Å²) in [7, 11) is 1.32. The number of carbonyl (C=O) groups excluding carboxylic acids is 1. The number of anilines is 1. The first-order valence-electron chi connectivity index (χ1n) is 6.46. The Balaban J connectivity index is 2.84. The molecule has 6 heteroatoms. The highest BCUT2D eigenvalue weighted by Crippen LogP contribution is 2.32. The van der Waals surface area contributed by atoms with E-state index in [1.54, 1.807) is 24.3 Å². The molecule has 0 fully saturated rings. The van der Waals surface area contributed by atoms with Crippen LogP contribution in [0.3, 0.4) is 0 Å². The number of halogens is 2. The van der Waals surface area contributed by atoms with E-state index in [0.717, 1.165) is 12.8 Å². The van der Waals surface area contributed by atoms with Crippen molar-refractivity contribution in [3.8, 4) is 0 Å². The summed E-state index contributed by atoms with van der Waals surface area (Å²) in [5.74, 6) is -2.87. The molecule has 0 bridgehead atoms. The fourth-order valence-corrected chi connectivity index (χ4v) is 2.37. The molecule has 1 atom stereocenters. The molecule has 0 saturated carbocycles. The monoisotopic (exact) mass is 303 g/mol. The Morgan fingerprint density at radius 2 is 2.10 bits per heavy atom. The SMILES string of the molecule is CCCCC(Nc1ccccc1SC(F)F)C(=O)OC. The fourth-order valence-electron chi connectivity index (χ4n) is 1.77. The van der Waals surface area contributed by atoms with E-state index in [1.165, 1.54) is 7.11 Å². The van der Waals surface area contributed by atoms with Crippen LogP contribution in [0.25, 0.3) is 0 Å². The zero-order valence-electron chi connectivity index (χ0n) is 11.6. The lowest BCUT2D eigenvalue weighted by Gasteiger charge is -2.19. The molecule has 112 valence electrons. The smallest absolute Gasteiger partial charge is 0.328 e. The molecule has 0 aromatic heterocycles. The maximum atomic E-state index is 12.5. The highest BCUT2D eigenvalue weighted by molar-refractivity contribution is 7.99. The molecule has 1 rings (SSSR count). The average molecular weight is 303 g/mol. The molecule has 0 radical (unpaired) electrons. The van der Waals surface area contributed by atoms with Crippen LogP contribution in [0.2, 0.25) is 0 Å². The van der Waals surface area contributed by atoms with Crippen molar-refractivity contribution in [2.24, 2.45) is 0 Å². The summed E-state index contributed by atoms with van der Waals surface area (Å²) in [5, 5.41) is 3.01. The number of esters is 1. The van der Waals surface area contributed by atoms with Gasteiger partial charge in [0.05, 0.1) is 7.11 Å². The van der Waals surface area contributed by atoms with Gasteiger partial charge in [0.2, 0.25) is 0 Å². The van der Waals surface area contributed by atoms with Crippen molar-refractivity contribution in [2.75, 3.05) is 12.4 Å². The van der Waals surface area contributed by atoms with Gasteiger partial charge in [0.1, 0.15) is 6.04 Å². The molecule has 1 aromatic rings. The lowest BCUT2D eigenvalue weighted by Crippen LogP contribution is -2.30. The second-order valence-electron chi connectivity index (χ2n) is 4.24. The molecule has 0 aliphatic rings. The summed E-state index contributed by atoms with van der Waals surface area (Å²) in [6.07, 6.45) is 2.41. The number of ether oxygens (including phenoxy) is 1. The molecule has 20 heavy (non-hydrogen) atoms. The molecule has 0 heterocycles. The lowest BCUT2D eigenvalue weighted by molar-refractivity contribution is -0.141. The molecule has 0 amide bonds. The van der Waals surface area contributed by atoms with Crippen LogP contribution in [0.15, 0.2) is 29.2 Å². The number of benzene rings is 1. The van der Waals surface area contributed by atoms with Gasteiger partial charge in [-0.05, 0) is 18.6 Å². The van der Waals surface area contributed by atoms with Gasteiger partial charge < -0.3 is 10.1 Å². The number of alkyl halides is 2. The Morgan fingerprint density at radius 3 is 2.70 bits per heavy atom. The predicted octanol–water partition coefficient (Wildman–Crippen LogP) is 4.15. The summed E-state index contributed by atoms with van der Waals surface area (Å²) >= 11 is 0.462. The Bertz CT molecular complexity index is 429. The first-order valence-corrected chi connectivity index (χ1v) is 7.34. The first kappa shape index (κ1) is 16.8. The maximum Gasteiger partial charge on any atom is 0.328 e. The van der Waals surface area contributed by atoms with E-state index in [-0.39, 0.29) is 5.97 Å². The van der Waals surface area contributed by atoms with E-state index in [9.17, 15) is 13.6 Å². The summed E-state index contributed by atoms with van der Waals surface area (Å²) in [6.45, 7) is 2.02. The van der Waals surface area contributed by atoms with E-state index < -0.39 is 11.8 Å². The van der Waals surface area contributed by atoms with E-state index in [1.807, 2.05) is 6.92 Å². The van der Waals surface area contributed by atoms with Crippen molar-refractivity contribution in [3.05, 3.63) is 24.3 Å². The lowest BCUT2D eigenvalue weighted by atomic mass is 10.1. The average Bonchev–Trinajstić information content (AvgIpc) is 2.43. The number of methoxy groups -OCH3 is 1. The third-order valence-corrected chi connectivity index (χ3v) is 3.55. The molecule has 0 aliphatic carbocycles. The number of carbonyl (C=O) groups is 1. The molecular formula is C14H19F2NO2S. The largest absolute Gasteiger partial charge is 0.467 e. The highest BCUT2D eigenvalue weighted by atomic mass is 32.2. The maximum absolute atomic E-state index is 12.5. The predicted molar refractivity (Wildman–Crippen MR) is 77.3 cm³/mol. The second-order valence-corrected chi connectivity index (χ2v) is 5.27. The molecule has 0 aliphatic heterocycles. The number of para-hydroxylation sites is 1. The van der Waals surface area contributed by atoms with Crippen LogP contribution in [0.5, 0.6) is 0 Å². The second kappa shape index (κ2) is 8.79. The topological polar surface area (TPSA) is 38.3 Å². The Morgan fingerprint density at radius 1 is 1.40 bits per heavy atom. The number of hydrogen-bond donors (Lipinski definition) is 1. The summed E-state index contributed by atoms with van der Waals surface area (Å²) in [5.41, 5.74) is 0.532. The minimum Gasteiger partial charge on any atom is -0.467 e. The Labute approximate surface area is 122 Å². The van der Waals surface area contributed by atoms with Crippen molar-refractivity contribution < 1.29 is 18.3 Å². The molecule has 1 aromatic carbocycles. The van der Waals surface area contributed by atoms with Crippen molar-refractivity contribution >= 4 is 23.4 Å². The molecular weight excluding hydrogens is 284 g/mol. The summed E-state index contributed by atoms with van der Waals surface area (Å²) in [4.78, 5) is 12.1. The normalized spacial score (nSPS) is 12.2. The molecule has 1 N–H and O–H groups in total. The van der Waals surface area contributed by atoms with Gasteiger partial charge in [0, 0.05) is 10.6 Å². The summed E-state index contributed by atoms with van der Waals surface area (Å²) < 4.78 is 29.8. The van der Waals surface area contributed by atoms with Gasteiger partial charge in [-0.2, -0.15) is 8.78 Å². The standard InChI is InChI=1S/C14H19F2NO2S/c1-3-4-7-11(13(18)19-2)17-10-8-5-6-9-12(10)20-14(15)16/h5-6,8-9,11,14,17H,3-4,7H2,1-2H3. The van der Waals surface area contributed by atoms with Crippen LogP contribution >= 0.6 is 11.8 Å². The van der Waals surface area contributed by atoms with Gasteiger partial charge in [-0.15, -0.1) is 0 Å². The van der Waals surface area contributed by atoms with Crippen LogP contribution in [-0.2, 0) is 9.53 Å². The zero-order valence-corrected chi connectivity index (χ0v) is 12.4. The van der Waals surface area contributed by atoms with E-state index >= 15 is 0 Å². The number of hydrogen-bond acceptors (Lipinski definition) is 4. The first-order chi connectivity index (χ1) is 9.58. The summed E-state index contributed by atoms with van der Waals surface area (Å²) in [6, 6.07) is 6.21. The quantitative estimate of drug-likeness (QED) is 0.578. The van der Waals surface area contributed by atoms with Crippen LogP contribution < -0.4 is 5.32 Å². The molecule has 0 spiro atoms. The number of unbranched alkanes of at least 4 members (excludes halogenated alkanes) is 1. The Kier molecular flexibility index (Phi) is 7.36. The van der Waals surface area contributed by atoms with Gasteiger partial charge >= 0.3 is 5.97 Å². The molecule has 3 nitrogen and oxygen atoms in total. The van der Waals surface area contributed by atoms with Crippen molar-refractivity contribution in [3.63, 3.8) is 0 Å².